The third-order valence-electron chi connectivity index (χ3n) is 3.62. The van der Waals surface area contributed by atoms with Crippen LogP contribution in [0.15, 0.2) is 18.3 Å². The number of likely N-dealkylation sites (tertiary alicyclic amines) is 1. The zero-order valence-electron chi connectivity index (χ0n) is 11.7. The van der Waals surface area contributed by atoms with Gasteiger partial charge < -0.3 is 15.1 Å². The molecule has 0 aliphatic carbocycles. The number of pyridine rings is 1. The fraction of sp³-hybridized carbons (Fsp3) is 0.643. The van der Waals surface area contributed by atoms with Crippen molar-refractivity contribution in [3.8, 4) is 0 Å². The van der Waals surface area contributed by atoms with E-state index in [0.717, 1.165) is 24.8 Å². The molecule has 0 aromatic carbocycles. The van der Waals surface area contributed by atoms with Crippen LogP contribution in [-0.4, -0.2) is 50.7 Å². The van der Waals surface area contributed by atoms with Crippen molar-refractivity contribution in [2.45, 2.75) is 13.0 Å². The summed E-state index contributed by atoms with van der Waals surface area (Å²) in [5.74, 6) is 1.88. The second-order valence-electron chi connectivity index (χ2n) is 5.31. The molecule has 1 aliphatic heterocycles. The lowest BCUT2D eigenvalue weighted by molar-refractivity contribution is 0.395. The molecule has 1 unspecified atom stereocenters. The SMILES string of the molecule is CNCc1cccnc1N(C)CC1CCN(C)C1. The van der Waals surface area contributed by atoms with Gasteiger partial charge in [-0.25, -0.2) is 4.98 Å². The molecule has 1 aromatic rings. The molecule has 1 N–H and O–H groups in total. The first-order valence-electron chi connectivity index (χ1n) is 6.69. The third-order valence-corrected chi connectivity index (χ3v) is 3.62. The van der Waals surface area contributed by atoms with E-state index in [9.17, 15) is 0 Å². The van der Waals surface area contributed by atoms with Crippen LogP contribution in [0.4, 0.5) is 5.82 Å². The Morgan fingerprint density at radius 1 is 1.56 bits per heavy atom. The van der Waals surface area contributed by atoms with Crippen molar-refractivity contribution < 1.29 is 0 Å². The van der Waals surface area contributed by atoms with Gasteiger partial charge in [-0.3, -0.25) is 0 Å². The van der Waals surface area contributed by atoms with Gasteiger partial charge in [0.2, 0.25) is 0 Å². The molecule has 4 heteroatoms. The average molecular weight is 248 g/mol. The van der Waals surface area contributed by atoms with Gasteiger partial charge >= 0.3 is 0 Å². The van der Waals surface area contributed by atoms with E-state index >= 15 is 0 Å². The highest BCUT2D eigenvalue weighted by atomic mass is 15.2. The summed E-state index contributed by atoms with van der Waals surface area (Å²) in [7, 11) is 6.33. The van der Waals surface area contributed by atoms with E-state index in [2.05, 4.69) is 40.3 Å². The topological polar surface area (TPSA) is 31.4 Å². The highest BCUT2D eigenvalue weighted by molar-refractivity contribution is 5.45. The molecule has 2 heterocycles. The van der Waals surface area contributed by atoms with Crippen molar-refractivity contribution >= 4 is 5.82 Å². The van der Waals surface area contributed by atoms with Crippen LogP contribution in [-0.2, 0) is 6.54 Å². The van der Waals surface area contributed by atoms with Gasteiger partial charge in [0.1, 0.15) is 5.82 Å². The van der Waals surface area contributed by atoms with Crippen molar-refractivity contribution in [1.29, 1.82) is 0 Å². The van der Waals surface area contributed by atoms with E-state index < -0.39 is 0 Å². The first-order valence-corrected chi connectivity index (χ1v) is 6.69. The quantitative estimate of drug-likeness (QED) is 0.848. The van der Waals surface area contributed by atoms with Crippen molar-refractivity contribution in [2.75, 3.05) is 45.7 Å². The first kappa shape index (κ1) is 13.3. The molecule has 1 fully saturated rings. The summed E-state index contributed by atoms with van der Waals surface area (Å²) >= 11 is 0. The Hall–Kier alpha value is -1.13. The summed E-state index contributed by atoms with van der Waals surface area (Å²) < 4.78 is 0. The highest BCUT2D eigenvalue weighted by Crippen LogP contribution is 2.20. The lowest BCUT2D eigenvalue weighted by Gasteiger charge is -2.24. The summed E-state index contributed by atoms with van der Waals surface area (Å²) in [5, 5.41) is 3.21. The second-order valence-corrected chi connectivity index (χ2v) is 5.31. The predicted molar refractivity (Wildman–Crippen MR) is 75.9 cm³/mol. The van der Waals surface area contributed by atoms with Gasteiger partial charge in [0.25, 0.3) is 0 Å². The minimum atomic E-state index is 0.768. The minimum absolute atomic E-state index is 0.768. The molecule has 18 heavy (non-hydrogen) atoms. The molecule has 1 atom stereocenters. The highest BCUT2D eigenvalue weighted by Gasteiger charge is 2.21. The maximum Gasteiger partial charge on any atom is 0.132 e. The van der Waals surface area contributed by atoms with Crippen molar-refractivity contribution in [3.05, 3.63) is 23.9 Å². The van der Waals surface area contributed by atoms with Gasteiger partial charge in [-0.2, -0.15) is 0 Å². The normalized spacial score (nSPS) is 20.3. The number of nitrogens with one attached hydrogen (secondary N) is 1. The fourth-order valence-electron chi connectivity index (χ4n) is 2.75. The zero-order chi connectivity index (χ0) is 13.0. The molecule has 0 spiro atoms. The van der Waals surface area contributed by atoms with Crippen molar-refractivity contribution in [1.82, 2.24) is 15.2 Å². The molecule has 0 amide bonds. The van der Waals surface area contributed by atoms with Crippen molar-refractivity contribution in [2.24, 2.45) is 5.92 Å². The number of hydrogen-bond donors (Lipinski definition) is 1. The Morgan fingerprint density at radius 2 is 2.39 bits per heavy atom. The summed E-state index contributed by atoms with van der Waals surface area (Å²) in [4.78, 5) is 9.24. The van der Waals surface area contributed by atoms with E-state index in [0.29, 0.717) is 0 Å². The fourth-order valence-corrected chi connectivity index (χ4v) is 2.75. The Bertz CT molecular complexity index is 380. The van der Waals surface area contributed by atoms with Gasteiger partial charge in [-0.15, -0.1) is 0 Å². The van der Waals surface area contributed by atoms with Crippen LogP contribution in [0, 0.1) is 5.92 Å². The standard InChI is InChI=1S/C14H24N4/c1-15-9-13-5-4-7-16-14(13)18(3)11-12-6-8-17(2)10-12/h4-5,7,12,15H,6,8-11H2,1-3H3. The van der Waals surface area contributed by atoms with Crippen LogP contribution in [0.1, 0.15) is 12.0 Å². The Balaban J connectivity index is 2.01. The van der Waals surface area contributed by atoms with E-state index in [1.807, 2.05) is 19.3 Å². The number of nitrogens with zero attached hydrogens (tertiary/aromatic N) is 3. The zero-order valence-corrected chi connectivity index (χ0v) is 11.7. The summed E-state index contributed by atoms with van der Waals surface area (Å²) in [5.41, 5.74) is 1.27. The lowest BCUT2D eigenvalue weighted by atomic mass is 10.1. The van der Waals surface area contributed by atoms with Gasteiger partial charge in [0.15, 0.2) is 0 Å². The van der Waals surface area contributed by atoms with Crippen LogP contribution in [0.5, 0.6) is 0 Å². The van der Waals surface area contributed by atoms with E-state index in [-0.39, 0.29) is 0 Å². The van der Waals surface area contributed by atoms with Gasteiger partial charge in [0.05, 0.1) is 0 Å². The predicted octanol–water partition coefficient (Wildman–Crippen LogP) is 1.19. The number of hydrogen-bond acceptors (Lipinski definition) is 4. The van der Waals surface area contributed by atoms with Crippen LogP contribution < -0.4 is 10.2 Å². The largest absolute Gasteiger partial charge is 0.359 e. The van der Waals surface area contributed by atoms with Gasteiger partial charge in [-0.05, 0) is 39.0 Å². The molecule has 1 saturated heterocycles. The average Bonchev–Trinajstić information content (AvgIpc) is 2.76. The maximum absolute atomic E-state index is 4.53. The number of anilines is 1. The molecule has 100 valence electrons. The molecule has 2 rings (SSSR count). The van der Waals surface area contributed by atoms with Crippen molar-refractivity contribution in [3.63, 3.8) is 0 Å². The summed E-state index contributed by atoms with van der Waals surface area (Å²) in [6.45, 7) is 4.40. The van der Waals surface area contributed by atoms with E-state index in [1.165, 1.54) is 25.1 Å². The van der Waals surface area contributed by atoms with Crippen LogP contribution >= 0.6 is 0 Å². The third kappa shape index (κ3) is 3.21. The summed E-state index contributed by atoms with van der Waals surface area (Å²) in [6, 6.07) is 4.16. The molecule has 0 radical (unpaired) electrons. The molecule has 4 nitrogen and oxygen atoms in total. The first-order chi connectivity index (χ1) is 8.70. The minimum Gasteiger partial charge on any atom is -0.359 e. The molecule has 1 aromatic heterocycles. The maximum atomic E-state index is 4.53. The Labute approximate surface area is 110 Å². The number of aromatic nitrogens is 1. The Kier molecular flexibility index (Phi) is 4.55. The molecule has 1 aliphatic rings. The van der Waals surface area contributed by atoms with Crippen LogP contribution in [0.25, 0.3) is 0 Å². The molecular formula is C14H24N4. The van der Waals surface area contributed by atoms with Gasteiger partial charge in [0, 0.05) is 38.4 Å². The molecular weight excluding hydrogens is 224 g/mol. The lowest BCUT2D eigenvalue weighted by Crippen LogP contribution is -2.29. The van der Waals surface area contributed by atoms with E-state index in [1.54, 1.807) is 0 Å². The molecule has 0 saturated carbocycles. The van der Waals surface area contributed by atoms with E-state index in [4.69, 9.17) is 0 Å². The summed E-state index contributed by atoms with van der Waals surface area (Å²) in [6.07, 6.45) is 3.18. The smallest absolute Gasteiger partial charge is 0.132 e. The van der Waals surface area contributed by atoms with Crippen LogP contribution in [0.2, 0.25) is 0 Å². The molecule has 0 bridgehead atoms. The Morgan fingerprint density at radius 3 is 3.06 bits per heavy atom. The van der Waals surface area contributed by atoms with Crippen LogP contribution in [0.3, 0.4) is 0 Å². The monoisotopic (exact) mass is 248 g/mol. The second kappa shape index (κ2) is 6.16. The van der Waals surface area contributed by atoms with Gasteiger partial charge in [-0.1, -0.05) is 6.07 Å². The number of rotatable bonds is 5.